The maximum atomic E-state index is 13.2. The Balaban J connectivity index is 0.000000324. The quantitative estimate of drug-likeness (QED) is 0.213. The molecule has 2 aromatic heterocycles. The molecule has 3 aromatic rings. The second-order valence-corrected chi connectivity index (χ2v) is 11.6. The fourth-order valence-electron chi connectivity index (χ4n) is 5.18. The molecule has 1 aliphatic carbocycles. The van der Waals surface area contributed by atoms with Gasteiger partial charge in [0.15, 0.2) is 0 Å². The smallest absolute Gasteiger partial charge is 0.150 e. The van der Waals surface area contributed by atoms with Gasteiger partial charge in [0, 0.05) is 85.6 Å². The molecule has 1 saturated carbocycles. The van der Waals surface area contributed by atoms with Gasteiger partial charge in [0.05, 0.1) is 12.3 Å². The van der Waals surface area contributed by atoms with Gasteiger partial charge in [-0.3, -0.25) is 14.9 Å². The van der Waals surface area contributed by atoms with E-state index in [9.17, 15) is 9.18 Å². The van der Waals surface area contributed by atoms with Crippen molar-refractivity contribution in [1.82, 2.24) is 19.9 Å². The number of pyridine rings is 1. The zero-order valence-corrected chi connectivity index (χ0v) is 30.2. The van der Waals surface area contributed by atoms with Gasteiger partial charge >= 0.3 is 0 Å². The molecule has 0 bridgehead atoms. The van der Waals surface area contributed by atoms with Gasteiger partial charge in [0.2, 0.25) is 0 Å². The molecule has 2 fully saturated rings. The Morgan fingerprint density at radius 1 is 1.16 bits per heavy atom. The average Bonchev–Trinajstić information content (AvgIpc) is 3.81. The fraction of sp³-hybridized carbons (Fsp3) is 0.455. The molecular formula is C33H40ClFN5O2U-. The molecule has 1 aromatic carbocycles. The Labute approximate surface area is 283 Å². The average molecular weight is 831 g/mol. The van der Waals surface area contributed by atoms with E-state index >= 15 is 0 Å². The normalized spacial score (nSPS) is 15.2. The topological polar surface area (TPSA) is 71.5 Å². The van der Waals surface area contributed by atoms with E-state index in [4.69, 9.17) is 21.3 Å². The standard InChI is InChI=1S/C23H30N5O2.C10H10ClF.U/c1-17-6-5-7-22(25-17)20-8-10-27(11-9-20)15-18(2)28(12-13-30-4)23-19(3)24-14-21(16-29)26-23;11-9-4-3-8(10(12)6-9)5-7-1-2-7;/h5-7,14,20H,2,8-13,15H2,1,3-4H3;3-4,6-7H,1-2,5H2;/q-1;;. The number of ether oxygens (including phenoxy) is 1. The predicted octanol–water partition coefficient (Wildman–Crippen LogP) is 6.22. The number of anilines is 1. The number of carbonyl (C=O) groups excluding carboxylic acids is 1. The summed E-state index contributed by atoms with van der Waals surface area (Å²) in [6.07, 6.45) is 8.80. The van der Waals surface area contributed by atoms with Gasteiger partial charge in [-0.2, -0.15) is 0 Å². The minimum atomic E-state index is -0.158. The van der Waals surface area contributed by atoms with E-state index in [0.717, 1.165) is 67.5 Å². The van der Waals surface area contributed by atoms with Crippen molar-refractivity contribution in [3.63, 3.8) is 0 Å². The third kappa shape index (κ3) is 10.8. The molecule has 10 heteroatoms. The number of aromatic nitrogens is 3. The molecule has 1 aliphatic heterocycles. The Morgan fingerprint density at radius 3 is 2.53 bits per heavy atom. The van der Waals surface area contributed by atoms with Gasteiger partial charge in [-0.05, 0) is 100 Å². The monoisotopic (exact) mass is 830 g/mol. The first-order valence-corrected chi connectivity index (χ1v) is 14.9. The Kier molecular flexibility index (Phi) is 14.3. The molecule has 0 spiro atoms. The summed E-state index contributed by atoms with van der Waals surface area (Å²) in [6.45, 7) is 12.1. The second kappa shape index (κ2) is 17.4. The number of rotatable bonds is 11. The number of methoxy groups -OCH3 is 1. The number of hydrogen-bond donors (Lipinski definition) is 0. The molecule has 5 rings (SSSR count). The number of piperidine rings is 1. The Bertz CT molecular complexity index is 1360. The summed E-state index contributed by atoms with van der Waals surface area (Å²) in [7, 11) is 1.67. The second-order valence-electron chi connectivity index (χ2n) is 11.1. The third-order valence-corrected chi connectivity index (χ3v) is 7.97. The molecule has 0 N–H and O–H groups in total. The van der Waals surface area contributed by atoms with Crippen LogP contribution in [0.4, 0.5) is 10.2 Å². The summed E-state index contributed by atoms with van der Waals surface area (Å²) in [5, 5.41) is 0.479. The molecular weight excluding hydrogens is 791 g/mol. The van der Waals surface area contributed by atoms with Crippen molar-refractivity contribution in [1.29, 1.82) is 0 Å². The maximum Gasteiger partial charge on any atom is 0.150 e. The van der Waals surface area contributed by atoms with Gasteiger partial charge in [0.25, 0.3) is 0 Å². The fourth-order valence-corrected chi connectivity index (χ4v) is 5.34. The molecule has 2 aliphatic rings. The number of nitrogens with zero attached hydrogens (tertiary/aromatic N) is 5. The molecule has 0 unspecified atom stereocenters. The Hall–Kier alpha value is -2.15. The van der Waals surface area contributed by atoms with Crippen LogP contribution in [0.15, 0.2) is 54.9 Å². The van der Waals surface area contributed by atoms with Crippen LogP contribution in [0.5, 0.6) is 0 Å². The molecule has 0 amide bonds. The van der Waals surface area contributed by atoms with Crippen LogP contribution >= 0.6 is 11.6 Å². The van der Waals surface area contributed by atoms with E-state index in [1.807, 2.05) is 31.1 Å². The van der Waals surface area contributed by atoms with Crippen LogP contribution in [0.2, 0.25) is 5.02 Å². The minimum Gasteiger partial charge on any atom is -0.417 e. The van der Waals surface area contributed by atoms with Crippen molar-refractivity contribution < 1.29 is 45.0 Å². The van der Waals surface area contributed by atoms with Crippen LogP contribution in [0.1, 0.15) is 59.9 Å². The third-order valence-electron chi connectivity index (χ3n) is 7.73. The minimum absolute atomic E-state index is 0. The summed E-state index contributed by atoms with van der Waals surface area (Å²) in [4.78, 5) is 28.9. The van der Waals surface area contributed by atoms with E-state index in [-0.39, 0.29) is 42.6 Å². The van der Waals surface area contributed by atoms with Crippen molar-refractivity contribution >= 4 is 23.7 Å². The number of aryl methyl sites for hydroxylation is 2. The van der Waals surface area contributed by atoms with Crippen molar-refractivity contribution in [3.8, 4) is 0 Å². The van der Waals surface area contributed by atoms with E-state index in [1.54, 1.807) is 19.2 Å². The number of halogens is 2. The van der Waals surface area contributed by atoms with Gasteiger partial charge in [0.1, 0.15) is 11.6 Å². The molecule has 0 atom stereocenters. The Morgan fingerprint density at radius 2 is 1.91 bits per heavy atom. The molecule has 43 heavy (non-hydrogen) atoms. The van der Waals surface area contributed by atoms with Crippen LogP contribution in [-0.2, 0) is 16.0 Å². The van der Waals surface area contributed by atoms with Gasteiger partial charge in [-0.1, -0.05) is 36.5 Å². The van der Waals surface area contributed by atoms with Crippen LogP contribution in [0, 0.1) is 56.7 Å². The number of likely N-dealkylation sites (tertiary alicyclic amines) is 1. The molecule has 228 valence electrons. The number of hydrogen-bond acceptors (Lipinski definition) is 7. The van der Waals surface area contributed by atoms with Gasteiger partial charge < -0.3 is 19.4 Å². The molecule has 3 heterocycles. The van der Waals surface area contributed by atoms with Crippen LogP contribution in [0.25, 0.3) is 0 Å². The molecule has 0 radical (unpaired) electrons. The summed E-state index contributed by atoms with van der Waals surface area (Å²) >= 11 is 5.63. The van der Waals surface area contributed by atoms with Crippen LogP contribution in [0.3, 0.4) is 0 Å². The van der Waals surface area contributed by atoms with Crippen molar-refractivity contribution in [2.75, 3.05) is 44.8 Å². The first-order chi connectivity index (χ1) is 20.3. The number of benzene rings is 1. The summed E-state index contributed by atoms with van der Waals surface area (Å²) in [6, 6.07) is 11.2. The predicted molar refractivity (Wildman–Crippen MR) is 165 cm³/mol. The molecule has 1 saturated heterocycles. The zero-order chi connectivity index (χ0) is 30.1. The summed E-state index contributed by atoms with van der Waals surface area (Å²) in [5.74, 6) is 1.71. The van der Waals surface area contributed by atoms with Crippen LogP contribution < -0.4 is 4.90 Å². The van der Waals surface area contributed by atoms with E-state index in [0.29, 0.717) is 29.9 Å². The maximum absolute atomic E-state index is 13.2. The van der Waals surface area contributed by atoms with E-state index in [2.05, 4.69) is 33.6 Å². The SMILES string of the molecule is C=C(CN1CCC(c2cccc(C)n2)CC1)N(CCOC)c1nc([C-]=O)cnc1C.Fc1cc(Cl)ccc1CC1CC1.[U]. The van der Waals surface area contributed by atoms with Gasteiger partial charge in [-0.15, -0.1) is 0 Å². The largest absolute Gasteiger partial charge is 0.417 e. The summed E-state index contributed by atoms with van der Waals surface area (Å²) < 4.78 is 18.4. The zero-order valence-electron chi connectivity index (χ0n) is 25.3. The van der Waals surface area contributed by atoms with Crippen molar-refractivity contribution in [3.05, 3.63) is 94.1 Å². The molecule has 7 nitrogen and oxygen atoms in total. The first kappa shape index (κ1) is 35.3. The van der Waals surface area contributed by atoms with Crippen molar-refractivity contribution in [2.45, 2.75) is 51.9 Å². The first-order valence-electron chi connectivity index (χ1n) is 14.5. The van der Waals surface area contributed by atoms with E-state index in [1.165, 1.54) is 30.8 Å². The van der Waals surface area contributed by atoms with E-state index < -0.39 is 0 Å². The van der Waals surface area contributed by atoms with Gasteiger partial charge in [-0.25, -0.2) is 4.39 Å². The van der Waals surface area contributed by atoms with Crippen LogP contribution in [-0.4, -0.2) is 66.0 Å². The summed E-state index contributed by atoms with van der Waals surface area (Å²) in [5.41, 5.74) is 4.93. The van der Waals surface area contributed by atoms with Crippen molar-refractivity contribution in [2.24, 2.45) is 5.92 Å².